The molecule has 1 unspecified atom stereocenters. The van der Waals surface area contributed by atoms with Crippen molar-refractivity contribution in [1.82, 2.24) is 15.1 Å². The Bertz CT molecular complexity index is 330. The molecular weight excluding hydrogens is 207 g/mol. The molecule has 0 aliphatic heterocycles. The zero-order valence-corrected chi connectivity index (χ0v) is 8.89. The van der Waals surface area contributed by atoms with E-state index in [4.69, 9.17) is 0 Å². The van der Waals surface area contributed by atoms with Crippen LogP contribution in [0.5, 0.6) is 0 Å². The van der Waals surface area contributed by atoms with Crippen molar-refractivity contribution in [1.29, 1.82) is 0 Å². The van der Waals surface area contributed by atoms with E-state index in [0.29, 0.717) is 5.69 Å². The van der Waals surface area contributed by atoms with Crippen LogP contribution in [0.4, 0.5) is 13.2 Å². The Morgan fingerprint density at radius 1 is 1.53 bits per heavy atom. The van der Waals surface area contributed by atoms with E-state index in [0.717, 1.165) is 0 Å². The van der Waals surface area contributed by atoms with Gasteiger partial charge in [-0.15, -0.1) is 0 Å². The van der Waals surface area contributed by atoms with Crippen LogP contribution in [0.25, 0.3) is 0 Å². The number of nitrogens with one attached hydrogen (secondary N) is 1. The van der Waals surface area contributed by atoms with Gasteiger partial charge in [0.1, 0.15) is 6.04 Å². The molecule has 0 fully saturated rings. The number of hydrogen-bond acceptors (Lipinski definition) is 2. The third-order valence-electron chi connectivity index (χ3n) is 2.32. The summed E-state index contributed by atoms with van der Waals surface area (Å²) >= 11 is 0. The highest BCUT2D eigenvalue weighted by molar-refractivity contribution is 5.22. The van der Waals surface area contributed by atoms with Crippen molar-refractivity contribution in [2.45, 2.75) is 26.1 Å². The van der Waals surface area contributed by atoms with Gasteiger partial charge in [0.05, 0.1) is 6.20 Å². The summed E-state index contributed by atoms with van der Waals surface area (Å²) in [6.07, 6.45) is -3.03. The van der Waals surface area contributed by atoms with Crippen LogP contribution in [0.2, 0.25) is 0 Å². The van der Waals surface area contributed by atoms with Gasteiger partial charge in [-0.1, -0.05) is 6.92 Å². The van der Waals surface area contributed by atoms with E-state index in [1.54, 1.807) is 20.9 Å². The number of halogens is 3. The van der Waals surface area contributed by atoms with Gasteiger partial charge in [-0.3, -0.25) is 4.68 Å². The van der Waals surface area contributed by atoms with Crippen molar-refractivity contribution in [2.75, 3.05) is 6.54 Å². The third-order valence-corrected chi connectivity index (χ3v) is 2.32. The van der Waals surface area contributed by atoms with Gasteiger partial charge >= 0.3 is 6.18 Å². The smallest absolute Gasteiger partial charge is 0.303 e. The zero-order chi connectivity index (χ0) is 11.6. The largest absolute Gasteiger partial charge is 0.408 e. The van der Waals surface area contributed by atoms with Crippen LogP contribution in [-0.4, -0.2) is 22.5 Å². The van der Waals surface area contributed by atoms with E-state index in [1.807, 2.05) is 0 Å². The molecule has 1 aromatic rings. The molecule has 1 rings (SSSR count). The Labute approximate surface area is 86.3 Å². The van der Waals surface area contributed by atoms with Crippen LogP contribution in [0, 0.1) is 6.92 Å². The van der Waals surface area contributed by atoms with E-state index < -0.39 is 12.2 Å². The second-order valence-electron chi connectivity index (χ2n) is 3.34. The summed E-state index contributed by atoms with van der Waals surface area (Å²) in [7, 11) is 1.62. The summed E-state index contributed by atoms with van der Waals surface area (Å²) in [6.45, 7) is 3.53. The lowest BCUT2D eigenvalue weighted by molar-refractivity contribution is -0.157. The highest BCUT2D eigenvalue weighted by Gasteiger charge is 2.41. The maximum absolute atomic E-state index is 12.7. The second-order valence-corrected chi connectivity index (χ2v) is 3.34. The maximum Gasteiger partial charge on any atom is 0.408 e. The van der Waals surface area contributed by atoms with E-state index in [9.17, 15) is 13.2 Å². The number of rotatable bonds is 3. The topological polar surface area (TPSA) is 29.9 Å². The predicted molar refractivity (Wildman–Crippen MR) is 50.4 cm³/mol. The standard InChI is InChI=1S/C9H14F3N3/c1-4-13-8(9(10,11)12)7-5-14-15(3)6(7)2/h5,8,13H,4H2,1-3H3. The van der Waals surface area contributed by atoms with E-state index in [-0.39, 0.29) is 12.1 Å². The summed E-state index contributed by atoms with van der Waals surface area (Å²) in [5, 5.41) is 6.22. The Morgan fingerprint density at radius 2 is 2.13 bits per heavy atom. The average molecular weight is 221 g/mol. The lowest BCUT2D eigenvalue weighted by atomic mass is 10.1. The predicted octanol–water partition coefficient (Wildman–Crippen LogP) is 1.94. The third kappa shape index (κ3) is 2.50. The lowest BCUT2D eigenvalue weighted by Gasteiger charge is -2.20. The van der Waals surface area contributed by atoms with Crippen LogP contribution < -0.4 is 5.32 Å². The molecule has 1 atom stereocenters. The zero-order valence-electron chi connectivity index (χ0n) is 8.89. The number of aromatic nitrogens is 2. The van der Waals surface area contributed by atoms with E-state index in [1.165, 1.54) is 10.9 Å². The molecular formula is C9H14F3N3. The summed E-state index contributed by atoms with van der Waals surface area (Å²) in [5.74, 6) is 0. The van der Waals surface area contributed by atoms with Gasteiger partial charge < -0.3 is 5.32 Å². The maximum atomic E-state index is 12.7. The van der Waals surface area contributed by atoms with Crippen LogP contribution in [0.1, 0.15) is 24.2 Å². The molecule has 6 heteroatoms. The minimum Gasteiger partial charge on any atom is -0.303 e. The molecule has 15 heavy (non-hydrogen) atoms. The quantitative estimate of drug-likeness (QED) is 0.845. The van der Waals surface area contributed by atoms with Crippen molar-refractivity contribution in [3.63, 3.8) is 0 Å². The van der Waals surface area contributed by atoms with Crippen molar-refractivity contribution in [3.05, 3.63) is 17.5 Å². The number of alkyl halides is 3. The summed E-state index contributed by atoms with van der Waals surface area (Å²) in [6, 6.07) is -1.63. The Kier molecular flexibility index (Phi) is 3.38. The molecule has 1 N–H and O–H groups in total. The van der Waals surface area contributed by atoms with Crippen molar-refractivity contribution >= 4 is 0 Å². The van der Waals surface area contributed by atoms with Crippen LogP contribution in [0.3, 0.4) is 0 Å². The van der Waals surface area contributed by atoms with Crippen molar-refractivity contribution in [2.24, 2.45) is 7.05 Å². The number of hydrogen-bond donors (Lipinski definition) is 1. The van der Waals surface area contributed by atoms with Crippen LogP contribution in [-0.2, 0) is 7.05 Å². The van der Waals surface area contributed by atoms with Crippen molar-refractivity contribution < 1.29 is 13.2 Å². The van der Waals surface area contributed by atoms with Crippen LogP contribution in [0.15, 0.2) is 6.20 Å². The van der Waals surface area contributed by atoms with E-state index >= 15 is 0 Å². The first-order valence-electron chi connectivity index (χ1n) is 4.66. The fraction of sp³-hybridized carbons (Fsp3) is 0.667. The van der Waals surface area contributed by atoms with Gasteiger partial charge in [-0.25, -0.2) is 0 Å². The molecule has 0 aliphatic rings. The van der Waals surface area contributed by atoms with Gasteiger partial charge in [0.15, 0.2) is 0 Å². The minimum absolute atomic E-state index is 0.187. The minimum atomic E-state index is -4.29. The highest BCUT2D eigenvalue weighted by atomic mass is 19.4. The fourth-order valence-corrected chi connectivity index (χ4v) is 1.41. The molecule has 0 spiro atoms. The normalized spacial score (nSPS) is 14.3. The number of nitrogens with zero attached hydrogens (tertiary/aromatic N) is 2. The molecule has 0 saturated carbocycles. The van der Waals surface area contributed by atoms with Crippen molar-refractivity contribution in [3.8, 4) is 0 Å². The average Bonchev–Trinajstić information content (AvgIpc) is 2.43. The van der Waals surface area contributed by atoms with Gasteiger partial charge in [0.2, 0.25) is 0 Å². The van der Waals surface area contributed by atoms with Gasteiger partial charge in [-0.2, -0.15) is 18.3 Å². The molecule has 0 amide bonds. The first kappa shape index (κ1) is 12.0. The van der Waals surface area contributed by atoms with Gasteiger partial charge in [0, 0.05) is 18.3 Å². The van der Waals surface area contributed by atoms with Crippen LogP contribution >= 0.6 is 0 Å². The Morgan fingerprint density at radius 3 is 2.47 bits per heavy atom. The SMILES string of the molecule is CCNC(c1cnn(C)c1C)C(F)(F)F. The molecule has 86 valence electrons. The Balaban J connectivity index is 3.05. The fourth-order valence-electron chi connectivity index (χ4n) is 1.41. The molecule has 0 radical (unpaired) electrons. The molecule has 1 heterocycles. The molecule has 0 aromatic carbocycles. The summed E-state index contributed by atoms with van der Waals surface area (Å²) in [4.78, 5) is 0. The number of aryl methyl sites for hydroxylation is 1. The summed E-state index contributed by atoms with van der Waals surface area (Å²) < 4.78 is 39.5. The first-order chi connectivity index (χ1) is 6.88. The first-order valence-corrected chi connectivity index (χ1v) is 4.66. The molecule has 0 aliphatic carbocycles. The van der Waals surface area contributed by atoms with Gasteiger partial charge in [-0.05, 0) is 13.5 Å². The lowest BCUT2D eigenvalue weighted by Crippen LogP contribution is -2.34. The van der Waals surface area contributed by atoms with E-state index in [2.05, 4.69) is 10.4 Å². The molecule has 0 bridgehead atoms. The van der Waals surface area contributed by atoms with Gasteiger partial charge in [0.25, 0.3) is 0 Å². The molecule has 1 aromatic heterocycles. The summed E-state index contributed by atoms with van der Waals surface area (Å²) in [5.41, 5.74) is 0.713. The Hall–Kier alpha value is -1.04. The highest BCUT2D eigenvalue weighted by Crippen LogP contribution is 2.33. The molecule has 0 saturated heterocycles. The second kappa shape index (κ2) is 4.22. The molecule has 3 nitrogen and oxygen atoms in total. The monoisotopic (exact) mass is 221 g/mol.